The predicted molar refractivity (Wildman–Crippen MR) is 292 cm³/mol. The second kappa shape index (κ2) is 23.0. The number of aliphatic imine (C=N–C) groups is 1. The molecule has 76 heavy (non-hydrogen) atoms. The van der Waals surface area contributed by atoms with Crippen LogP contribution < -0.4 is 15.5 Å². The molecular formula is C59H75FN10O6. The molecule has 3 aromatic carbocycles. The number of benzene rings is 3. The Kier molecular flexibility index (Phi) is 16.4. The number of aliphatic hydroxyl groups is 1. The monoisotopic (exact) mass is 1040 g/mol. The van der Waals surface area contributed by atoms with Crippen LogP contribution in [0, 0.1) is 28.0 Å². The van der Waals surface area contributed by atoms with Crippen LogP contribution in [-0.4, -0.2) is 162 Å². The molecule has 3 aromatic rings. The molecular weight excluding hydrogens is 964 g/mol. The summed E-state index contributed by atoms with van der Waals surface area (Å²) < 4.78 is 15.6. The highest BCUT2D eigenvalue weighted by Gasteiger charge is 2.45. The molecule has 1 atom stereocenters. The number of nitrogens with zero attached hydrogens (tertiary/aromatic N) is 7. The van der Waals surface area contributed by atoms with E-state index in [4.69, 9.17) is 10.4 Å². The van der Waals surface area contributed by atoms with Crippen molar-refractivity contribution >= 4 is 52.2 Å². The lowest BCUT2D eigenvalue weighted by atomic mass is 9.74. The molecule has 0 saturated carbocycles. The predicted octanol–water partition coefficient (Wildman–Crippen LogP) is 6.30. The molecule has 4 saturated heterocycles. The minimum Gasteiger partial charge on any atom is -0.395 e. The van der Waals surface area contributed by atoms with E-state index in [0.717, 1.165) is 117 Å². The number of aliphatic hydroxyl groups excluding tert-OH is 1. The third-order valence-corrected chi connectivity index (χ3v) is 16.3. The van der Waals surface area contributed by atoms with E-state index in [2.05, 4.69) is 83.4 Å². The Morgan fingerprint density at radius 2 is 1.43 bits per heavy atom. The number of amides is 5. The van der Waals surface area contributed by atoms with Crippen molar-refractivity contribution in [3.63, 3.8) is 0 Å². The number of piperidine rings is 2. The van der Waals surface area contributed by atoms with Gasteiger partial charge in [0.1, 0.15) is 23.5 Å². The standard InChI is InChI=1S/C59H75FN10O6/c1-39(61)53(42-11-7-6-8-12-42)54-62-47(35-50(63-54)68-28-22-65(23-29-68)30-31-71)43-13-9-10-41(32-43)36-58(2,3)18-19-59(4,5)37-52(73)69-20-16-40(17-21-69)38-66-24-26-67(27-25-66)49-34-45-44(33-46(49)60)56(75)70(57(45)76)48-14-15-51(72)64-55(48)74/h6-13,32-35,40,48,61,63,71H,14-31,36-38H2,1-5H3,(H,64,72,74)/b54-53+,61-39?. The summed E-state index contributed by atoms with van der Waals surface area (Å²) in [5.41, 5.74) is 5.24. The van der Waals surface area contributed by atoms with E-state index in [-0.39, 0.29) is 53.0 Å². The summed E-state index contributed by atoms with van der Waals surface area (Å²) >= 11 is 0. The fraction of sp³-hybridized carbons (Fsp3) is 0.508. The number of hydrogen-bond acceptors (Lipinski definition) is 13. The van der Waals surface area contributed by atoms with Gasteiger partial charge in [0, 0.05) is 114 Å². The van der Waals surface area contributed by atoms with Gasteiger partial charge < -0.3 is 30.5 Å². The van der Waals surface area contributed by atoms with Crippen LogP contribution in [0.3, 0.4) is 0 Å². The number of hydrogen-bond donors (Lipinski definition) is 4. The molecule has 16 nitrogen and oxygen atoms in total. The molecule has 1 unspecified atom stereocenters. The minimum absolute atomic E-state index is 0.0119. The number of rotatable bonds is 17. The van der Waals surface area contributed by atoms with Gasteiger partial charge in [-0.1, -0.05) is 76.2 Å². The maximum atomic E-state index is 15.6. The van der Waals surface area contributed by atoms with Crippen LogP contribution in [0.2, 0.25) is 0 Å². The smallest absolute Gasteiger partial charge is 0.262 e. The number of imide groups is 2. The molecule has 0 radical (unpaired) electrons. The summed E-state index contributed by atoms with van der Waals surface area (Å²) in [6, 6.07) is 20.1. The van der Waals surface area contributed by atoms with Gasteiger partial charge in [0.05, 0.1) is 29.1 Å². The van der Waals surface area contributed by atoms with E-state index < -0.39 is 35.5 Å². The zero-order chi connectivity index (χ0) is 53.9. The lowest BCUT2D eigenvalue weighted by molar-refractivity contribution is -0.136. The van der Waals surface area contributed by atoms with Gasteiger partial charge in [-0.25, -0.2) is 9.38 Å². The van der Waals surface area contributed by atoms with E-state index >= 15 is 4.39 Å². The number of fused-ring (bicyclic) bond motifs is 1. The van der Waals surface area contributed by atoms with Gasteiger partial charge in [0.15, 0.2) is 0 Å². The van der Waals surface area contributed by atoms with Crippen LogP contribution in [0.4, 0.5) is 10.1 Å². The number of piperazine rings is 2. The van der Waals surface area contributed by atoms with E-state index in [1.165, 1.54) is 11.6 Å². The highest BCUT2D eigenvalue weighted by atomic mass is 19.1. The third-order valence-electron chi connectivity index (χ3n) is 16.3. The molecule has 4 fully saturated rings. The summed E-state index contributed by atoms with van der Waals surface area (Å²) in [6.45, 7) is 19.8. The number of nitrogens with one attached hydrogen (secondary N) is 3. The largest absolute Gasteiger partial charge is 0.395 e. The number of β-amino-alcohol motifs (C(OH)–C–C–N with tert-alkyl or cyclic N) is 1. The van der Waals surface area contributed by atoms with Gasteiger partial charge in [-0.2, -0.15) is 0 Å². The molecule has 6 aliphatic rings. The van der Waals surface area contributed by atoms with Gasteiger partial charge in [0.2, 0.25) is 17.7 Å². The first kappa shape index (κ1) is 54.2. The van der Waals surface area contributed by atoms with E-state index in [1.807, 2.05) is 47.1 Å². The fourth-order valence-corrected chi connectivity index (χ4v) is 11.8. The molecule has 0 aromatic heterocycles. The van der Waals surface area contributed by atoms with E-state index in [1.54, 1.807) is 0 Å². The maximum Gasteiger partial charge on any atom is 0.262 e. The second-order valence-corrected chi connectivity index (χ2v) is 23.2. The Morgan fingerprint density at radius 1 is 0.776 bits per heavy atom. The second-order valence-electron chi connectivity index (χ2n) is 23.2. The van der Waals surface area contributed by atoms with Crippen molar-refractivity contribution in [2.75, 3.05) is 90.0 Å². The number of allylic oxidation sites excluding steroid dienone is 2. The Bertz CT molecular complexity index is 2820. The van der Waals surface area contributed by atoms with E-state index in [0.29, 0.717) is 56.6 Å². The topological polar surface area (TPSA) is 185 Å². The van der Waals surface area contributed by atoms with Crippen LogP contribution in [0.15, 0.2) is 89.4 Å². The van der Waals surface area contributed by atoms with Gasteiger partial charge in [-0.15, -0.1) is 0 Å². The van der Waals surface area contributed by atoms with Crippen LogP contribution >= 0.6 is 0 Å². The van der Waals surface area contributed by atoms with Crippen LogP contribution in [0.25, 0.3) is 5.57 Å². The first-order chi connectivity index (χ1) is 36.3. The number of likely N-dealkylation sites (tertiary alicyclic amines) is 1. The van der Waals surface area contributed by atoms with Crippen molar-refractivity contribution < 1.29 is 33.5 Å². The molecule has 6 aliphatic heterocycles. The van der Waals surface area contributed by atoms with Crippen molar-refractivity contribution in [3.8, 4) is 0 Å². The van der Waals surface area contributed by atoms with Crippen molar-refractivity contribution in [3.05, 3.63) is 118 Å². The SMILES string of the molecule is CC(=N)/C(=C1/N=C(c2cccc(CC(C)(C)CCC(C)(C)CC(=O)N3CCC(CN4CCN(c5cc6c(cc5F)C(=O)N(C5CCC(=O)NC5=O)C6=O)CC4)CC3)c2)C=C(N2CCN(CCO)CC2)N1)c1ccccc1. The van der Waals surface area contributed by atoms with Crippen molar-refractivity contribution in [1.29, 1.82) is 5.41 Å². The molecule has 6 heterocycles. The first-order valence-electron chi connectivity index (χ1n) is 27.3. The lowest BCUT2D eigenvalue weighted by Crippen LogP contribution is -2.54. The molecule has 5 amide bonds. The minimum atomic E-state index is -1.11. The normalized spacial score (nSPS) is 21.1. The highest BCUT2D eigenvalue weighted by Crippen LogP contribution is 2.38. The third kappa shape index (κ3) is 12.5. The fourth-order valence-electron chi connectivity index (χ4n) is 11.8. The molecule has 0 aliphatic carbocycles. The van der Waals surface area contributed by atoms with Crippen LogP contribution in [0.5, 0.6) is 0 Å². The summed E-state index contributed by atoms with van der Waals surface area (Å²) in [5.74, 6) is -0.863. The zero-order valence-corrected chi connectivity index (χ0v) is 44.9. The van der Waals surface area contributed by atoms with Crippen molar-refractivity contribution in [1.82, 2.24) is 35.1 Å². The summed E-state index contributed by atoms with van der Waals surface area (Å²) in [6.07, 6.45) is 7.25. The zero-order valence-electron chi connectivity index (χ0n) is 44.9. The quantitative estimate of drug-likeness (QED) is 0.0879. The lowest BCUT2D eigenvalue weighted by Gasteiger charge is -2.40. The Balaban J connectivity index is 0.753. The van der Waals surface area contributed by atoms with Crippen molar-refractivity contribution in [2.45, 2.75) is 92.0 Å². The van der Waals surface area contributed by atoms with Gasteiger partial charge in [0.25, 0.3) is 11.8 Å². The molecule has 17 heteroatoms. The van der Waals surface area contributed by atoms with Gasteiger partial charge in [-0.3, -0.25) is 44.0 Å². The number of carbonyl (C=O) groups is 5. The van der Waals surface area contributed by atoms with Gasteiger partial charge >= 0.3 is 0 Å². The first-order valence-corrected chi connectivity index (χ1v) is 27.3. The molecule has 4 N–H and O–H groups in total. The van der Waals surface area contributed by atoms with Crippen molar-refractivity contribution in [2.24, 2.45) is 21.7 Å². The maximum absolute atomic E-state index is 15.6. The van der Waals surface area contributed by atoms with Crippen LogP contribution in [-0.2, 0) is 20.8 Å². The Labute approximate surface area is 446 Å². The molecule has 0 bridgehead atoms. The average molecular weight is 1040 g/mol. The molecule has 0 spiro atoms. The average Bonchev–Trinajstić information content (AvgIpc) is 3.65. The van der Waals surface area contributed by atoms with Crippen LogP contribution in [0.1, 0.15) is 117 Å². The summed E-state index contributed by atoms with van der Waals surface area (Å²) in [5, 5.41) is 24.2. The van der Waals surface area contributed by atoms with E-state index in [9.17, 15) is 29.1 Å². The molecule has 404 valence electrons. The number of anilines is 1. The number of halogens is 1. The van der Waals surface area contributed by atoms with Gasteiger partial charge in [-0.05, 0) is 91.5 Å². The molecule has 9 rings (SSSR count). The highest BCUT2D eigenvalue weighted by molar-refractivity contribution is 6.24. The Hall–Kier alpha value is -6.56. The summed E-state index contributed by atoms with van der Waals surface area (Å²) in [7, 11) is 0. The number of carbonyl (C=O) groups excluding carboxylic acids is 5. The summed E-state index contributed by atoms with van der Waals surface area (Å²) in [4.78, 5) is 81.7. The Morgan fingerprint density at radius 3 is 2.11 bits per heavy atom.